The molecule has 0 aromatic rings. The fraction of sp³-hybridized carbons (Fsp3) is 0.652. The Morgan fingerprint density at radius 1 is 1.35 bits per heavy atom. The summed E-state index contributed by atoms with van der Waals surface area (Å²) in [5.41, 5.74) is 4.82. The molecular formula is C23H36. The molecule has 5 atom stereocenters. The van der Waals surface area contributed by atoms with Crippen molar-refractivity contribution in [3.05, 3.63) is 47.1 Å². The van der Waals surface area contributed by atoms with E-state index in [1.807, 2.05) is 0 Å². The van der Waals surface area contributed by atoms with Crippen LogP contribution in [0.1, 0.15) is 67.2 Å². The van der Waals surface area contributed by atoms with Gasteiger partial charge in [-0.3, -0.25) is 0 Å². The minimum atomic E-state index is 0.709. The van der Waals surface area contributed by atoms with Gasteiger partial charge in [-0.15, -0.1) is 0 Å². The predicted molar refractivity (Wildman–Crippen MR) is 103 cm³/mol. The van der Waals surface area contributed by atoms with E-state index in [-0.39, 0.29) is 0 Å². The van der Waals surface area contributed by atoms with Crippen LogP contribution in [0.3, 0.4) is 0 Å². The van der Waals surface area contributed by atoms with E-state index in [1.165, 1.54) is 31.3 Å². The summed E-state index contributed by atoms with van der Waals surface area (Å²) >= 11 is 0. The molecule has 0 spiro atoms. The molecule has 0 N–H and O–H groups in total. The first-order valence-electron chi connectivity index (χ1n) is 9.70. The lowest BCUT2D eigenvalue weighted by molar-refractivity contribution is 0.351. The molecule has 1 saturated carbocycles. The molecule has 0 bridgehead atoms. The Hall–Kier alpha value is -1.04. The van der Waals surface area contributed by atoms with E-state index >= 15 is 0 Å². The number of hydrogen-bond donors (Lipinski definition) is 0. The van der Waals surface area contributed by atoms with Crippen molar-refractivity contribution in [2.45, 2.75) is 67.2 Å². The standard InChI is InChI=1S/C23H36/c1-7-10-16(4)22(23-15-20(23)11-8-2)14-19-13-12-17(5)21(9-3)18(19)6/h8,10-13,18-20,22-23H,7,9,14-15H2,1-6H3. The molecule has 5 unspecified atom stereocenters. The second-order valence-electron chi connectivity index (χ2n) is 7.66. The van der Waals surface area contributed by atoms with E-state index in [0.717, 1.165) is 17.8 Å². The Bertz CT molecular complexity index is 514. The Balaban J connectivity index is 2.13. The van der Waals surface area contributed by atoms with E-state index in [4.69, 9.17) is 0 Å². The highest BCUT2D eigenvalue weighted by Gasteiger charge is 2.42. The van der Waals surface area contributed by atoms with Crippen LogP contribution >= 0.6 is 0 Å². The zero-order valence-electron chi connectivity index (χ0n) is 16.1. The molecule has 128 valence electrons. The monoisotopic (exact) mass is 312 g/mol. The normalized spacial score (nSPS) is 32.7. The average Bonchev–Trinajstić information content (AvgIpc) is 3.26. The molecule has 23 heavy (non-hydrogen) atoms. The van der Waals surface area contributed by atoms with Crippen LogP contribution in [0.2, 0.25) is 0 Å². The lowest BCUT2D eigenvalue weighted by Gasteiger charge is -2.32. The van der Waals surface area contributed by atoms with Crippen LogP contribution in [0, 0.1) is 29.6 Å². The van der Waals surface area contributed by atoms with Gasteiger partial charge in [0.15, 0.2) is 0 Å². The molecule has 0 aliphatic heterocycles. The molecule has 0 saturated heterocycles. The van der Waals surface area contributed by atoms with Crippen molar-refractivity contribution < 1.29 is 0 Å². The van der Waals surface area contributed by atoms with Gasteiger partial charge in [0.25, 0.3) is 0 Å². The van der Waals surface area contributed by atoms with E-state index in [2.05, 4.69) is 71.9 Å². The maximum absolute atomic E-state index is 2.50. The van der Waals surface area contributed by atoms with Gasteiger partial charge in [0.1, 0.15) is 0 Å². The third kappa shape index (κ3) is 4.28. The third-order valence-corrected chi connectivity index (χ3v) is 6.16. The van der Waals surface area contributed by atoms with Crippen LogP contribution in [0.4, 0.5) is 0 Å². The van der Waals surface area contributed by atoms with Crippen LogP contribution in [0.25, 0.3) is 0 Å². The van der Waals surface area contributed by atoms with Crippen molar-refractivity contribution in [2.75, 3.05) is 0 Å². The first-order chi connectivity index (χ1) is 11.0. The average molecular weight is 313 g/mol. The summed E-state index contributed by atoms with van der Waals surface area (Å²) < 4.78 is 0. The summed E-state index contributed by atoms with van der Waals surface area (Å²) in [6.45, 7) is 13.8. The molecule has 2 aliphatic carbocycles. The molecule has 0 aromatic carbocycles. The zero-order valence-corrected chi connectivity index (χ0v) is 16.1. The smallest absolute Gasteiger partial charge is 0.0161 e. The summed E-state index contributed by atoms with van der Waals surface area (Å²) in [6, 6.07) is 0. The molecule has 0 heteroatoms. The summed E-state index contributed by atoms with van der Waals surface area (Å²) in [7, 11) is 0. The molecule has 0 radical (unpaired) electrons. The molecule has 2 rings (SSSR count). The zero-order chi connectivity index (χ0) is 17.0. The fourth-order valence-corrected chi connectivity index (χ4v) is 4.67. The number of rotatable bonds is 7. The van der Waals surface area contributed by atoms with Crippen LogP contribution < -0.4 is 0 Å². The molecule has 0 aromatic heterocycles. The lowest BCUT2D eigenvalue weighted by atomic mass is 9.73. The predicted octanol–water partition coefficient (Wildman–Crippen LogP) is 7.11. The van der Waals surface area contributed by atoms with Crippen molar-refractivity contribution in [3.8, 4) is 0 Å². The van der Waals surface area contributed by atoms with Gasteiger partial charge in [-0.2, -0.15) is 0 Å². The van der Waals surface area contributed by atoms with Crippen molar-refractivity contribution in [1.29, 1.82) is 0 Å². The SMILES string of the molecule is CC=CC1CC1C(CC1C=CC(C)=C(CC)C1C)C(C)=CCC. The summed E-state index contributed by atoms with van der Waals surface area (Å²) in [6.07, 6.45) is 17.1. The summed E-state index contributed by atoms with van der Waals surface area (Å²) in [5, 5.41) is 0. The van der Waals surface area contributed by atoms with Crippen molar-refractivity contribution in [3.63, 3.8) is 0 Å². The summed E-state index contributed by atoms with van der Waals surface area (Å²) in [4.78, 5) is 0. The highest BCUT2D eigenvalue weighted by Crippen LogP contribution is 2.51. The molecule has 2 aliphatic rings. The second kappa shape index (κ2) is 8.18. The quantitative estimate of drug-likeness (QED) is 0.439. The largest absolute Gasteiger partial charge is 0.0914 e. The van der Waals surface area contributed by atoms with Gasteiger partial charge in [-0.1, -0.05) is 67.9 Å². The Kier molecular flexibility index (Phi) is 6.50. The molecule has 1 fully saturated rings. The minimum Gasteiger partial charge on any atom is -0.0914 e. The number of hydrogen-bond acceptors (Lipinski definition) is 0. The van der Waals surface area contributed by atoms with Gasteiger partial charge in [0.2, 0.25) is 0 Å². The van der Waals surface area contributed by atoms with E-state index < -0.39 is 0 Å². The fourth-order valence-electron chi connectivity index (χ4n) is 4.67. The first kappa shape index (κ1) is 18.3. The maximum atomic E-state index is 2.50. The summed E-state index contributed by atoms with van der Waals surface area (Å²) in [5.74, 6) is 3.90. The molecule has 0 nitrogen and oxygen atoms in total. The van der Waals surface area contributed by atoms with Gasteiger partial charge in [-0.25, -0.2) is 0 Å². The Morgan fingerprint density at radius 2 is 2.09 bits per heavy atom. The van der Waals surface area contributed by atoms with Gasteiger partial charge >= 0.3 is 0 Å². The van der Waals surface area contributed by atoms with Crippen molar-refractivity contribution in [2.24, 2.45) is 29.6 Å². The second-order valence-corrected chi connectivity index (χ2v) is 7.66. The maximum Gasteiger partial charge on any atom is -0.0161 e. The van der Waals surface area contributed by atoms with Gasteiger partial charge in [0.05, 0.1) is 0 Å². The van der Waals surface area contributed by atoms with E-state index in [9.17, 15) is 0 Å². The topological polar surface area (TPSA) is 0 Å². The lowest BCUT2D eigenvalue weighted by Crippen LogP contribution is -2.21. The van der Waals surface area contributed by atoms with E-state index in [1.54, 1.807) is 11.1 Å². The van der Waals surface area contributed by atoms with Gasteiger partial charge in [-0.05, 0) is 76.0 Å². The third-order valence-electron chi connectivity index (χ3n) is 6.16. The van der Waals surface area contributed by atoms with Gasteiger partial charge < -0.3 is 0 Å². The Morgan fingerprint density at radius 3 is 2.70 bits per heavy atom. The van der Waals surface area contributed by atoms with Crippen molar-refractivity contribution >= 4 is 0 Å². The van der Waals surface area contributed by atoms with Crippen LogP contribution in [0.15, 0.2) is 47.1 Å². The van der Waals surface area contributed by atoms with E-state index in [0.29, 0.717) is 11.8 Å². The van der Waals surface area contributed by atoms with Crippen LogP contribution in [-0.4, -0.2) is 0 Å². The minimum absolute atomic E-state index is 0.709. The number of allylic oxidation sites excluding steroid dienone is 8. The van der Waals surface area contributed by atoms with Crippen LogP contribution in [-0.2, 0) is 0 Å². The molecule has 0 heterocycles. The van der Waals surface area contributed by atoms with Gasteiger partial charge in [0, 0.05) is 0 Å². The highest BCUT2D eigenvalue weighted by molar-refractivity contribution is 5.31. The van der Waals surface area contributed by atoms with Crippen molar-refractivity contribution in [1.82, 2.24) is 0 Å². The Labute approximate surface area is 144 Å². The molecular weight excluding hydrogens is 276 g/mol. The first-order valence-corrected chi connectivity index (χ1v) is 9.70. The highest BCUT2D eigenvalue weighted by atomic mass is 14.5. The molecule has 0 amide bonds. The van der Waals surface area contributed by atoms with Crippen LogP contribution in [0.5, 0.6) is 0 Å².